The summed E-state index contributed by atoms with van der Waals surface area (Å²) in [4.78, 5) is 12.4. The minimum absolute atomic E-state index is 0.0956. The number of hydrogen-bond donors (Lipinski definition) is 0. The average Bonchev–Trinajstić information content (AvgIpc) is 2.82. The lowest BCUT2D eigenvalue weighted by atomic mass is 10.0. The standard InChI is InChI=1S/C24H23NO5S/c26-24(30-18-17-29-21-9-2-1-3-10-21)20-12-14-22(15-13-20)31(27,28)25-16-6-8-19-7-4-5-11-23(19)25/h1-5,7,9-15H,6,8,16-18H2. The first kappa shape index (κ1) is 20.9. The molecule has 0 saturated heterocycles. The van der Waals surface area contributed by atoms with E-state index < -0.39 is 16.0 Å². The zero-order valence-corrected chi connectivity index (χ0v) is 17.8. The second-order valence-electron chi connectivity index (χ2n) is 7.13. The molecule has 6 nitrogen and oxygen atoms in total. The van der Waals surface area contributed by atoms with Gasteiger partial charge in [-0.3, -0.25) is 4.31 Å². The molecule has 3 aromatic rings. The number of esters is 1. The van der Waals surface area contributed by atoms with E-state index in [-0.39, 0.29) is 23.7 Å². The summed E-state index contributed by atoms with van der Waals surface area (Å²) >= 11 is 0. The molecule has 7 heteroatoms. The Morgan fingerprint density at radius 3 is 2.35 bits per heavy atom. The van der Waals surface area contributed by atoms with Gasteiger partial charge in [-0.2, -0.15) is 0 Å². The summed E-state index contributed by atoms with van der Waals surface area (Å²) in [5, 5.41) is 0. The molecule has 0 bridgehead atoms. The number of rotatable bonds is 7. The maximum atomic E-state index is 13.2. The van der Waals surface area contributed by atoms with E-state index in [2.05, 4.69) is 0 Å². The molecule has 31 heavy (non-hydrogen) atoms. The predicted molar refractivity (Wildman–Crippen MR) is 118 cm³/mol. The zero-order chi connectivity index (χ0) is 21.7. The van der Waals surface area contributed by atoms with Gasteiger partial charge in [0.1, 0.15) is 19.0 Å². The minimum Gasteiger partial charge on any atom is -0.490 e. The van der Waals surface area contributed by atoms with Gasteiger partial charge in [0.05, 0.1) is 16.1 Å². The van der Waals surface area contributed by atoms with Crippen molar-refractivity contribution in [3.63, 3.8) is 0 Å². The molecule has 0 fully saturated rings. The van der Waals surface area contributed by atoms with Crippen LogP contribution in [0.1, 0.15) is 22.3 Å². The highest BCUT2D eigenvalue weighted by Crippen LogP contribution is 2.31. The average molecular weight is 438 g/mol. The van der Waals surface area contributed by atoms with E-state index in [1.54, 1.807) is 0 Å². The first-order valence-corrected chi connectivity index (χ1v) is 11.6. The highest BCUT2D eigenvalue weighted by Gasteiger charge is 2.29. The molecule has 0 aromatic heterocycles. The quantitative estimate of drug-likeness (QED) is 0.412. The minimum atomic E-state index is -3.71. The van der Waals surface area contributed by atoms with Crippen molar-refractivity contribution >= 4 is 21.7 Å². The van der Waals surface area contributed by atoms with Gasteiger partial charge in [0, 0.05) is 6.54 Å². The summed E-state index contributed by atoms with van der Waals surface area (Å²) in [7, 11) is -3.71. The van der Waals surface area contributed by atoms with Crippen molar-refractivity contribution in [2.45, 2.75) is 17.7 Å². The Morgan fingerprint density at radius 1 is 0.871 bits per heavy atom. The maximum absolute atomic E-state index is 13.2. The van der Waals surface area contributed by atoms with E-state index in [4.69, 9.17) is 9.47 Å². The molecule has 0 atom stereocenters. The number of sulfonamides is 1. The van der Waals surface area contributed by atoms with Gasteiger partial charge >= 0.3 is 5.97 Å². The molecule has 1 heterocycles. The molecule has 0 saturated carbocycles. The third-order valence-electron chi connectivity index (χ3n) is 5.07. The van der Waals surface area contributed by atoms with E-state index in [1.807, 2.05) is 54.6 Å². The van der Waals surface area contributed by atoms with Crippen molar-refractivity contribution in [2.24, 2.45) is 0 Å². The highest BCUT2D eigenvalue weighted by molar-refractivity contribution is 7.92. The van der Waals surface area contributed by atoms with Crippen LogP contribution in [0, 0.1) is 0 Å². The second kappa shape index (κ2) is 9.22. The van der Waals surface area contributed by atoms with Crippen LogP contribution in [0.15, 0.2) is 83.8 Å². The first-order valence-electron chi connectivity index (χ1n) is 10.1. The van der Waals surface area contributed by atoms with Crippen molar-refractivity contribution in [1.82, 2.24) is 0 Å². The number of ether oxygens (including phenoxy) is 2. The Balaban J connectivity index is 1.39. The molecule has 4 rings (SSSR count). The molecule has 1 aliphatic rings. The van der Waals surface area contributed by atoms with E-state index in [0.29, 0.717) is 12.3 Å². The lowest BCUT2D eigenvalue weighted by Crippen LogP contribution is -2.35. The fourth-order valence-corrected chi connectivity index (χ4v) is 5.07. The predicted octanol–water partition coefficient (Wildman–Crippen LogP) is 4.06. The van der Waals surface area contributed by atoms with Crippen molar-refractivity contribution in [2.75, 3.05) is 24.1 Å². The fraction of sp³-hybridized carbons (Fsp3) is 0.208. The smallest absolute Gasteiger partial charge is 0.338 e. The lowest BCUT2D eigenvalue weighted by Gasteiger charge is -2.30. The highest BCUT2D eigenvalue weighted by atomic mass is 32.2. The normalized spacial score (nSPS) is 13.4. The van der Waals surface area contributed by atoms with Crippen molar-refractivity contribution < 1.29 is 22.7 Å². The van der Waals surface area contributed by atoms with E-state index >= 15 is 0 Å². The van der Waals surface area contributed by atoms with Gasteiger partial charge in [0.2, 0.25) is 0 Å². The number of carbonyl (C=O) groups is 1. The van der Waals surface area contributed by atoms with E-state index in [9.17, 15) is 13.2 Å². The Bertz CT molecular complexity index is 1140. The van der Waals surface area contributed by atoms with Crippen LogP contribution in [-0.4, -0.2) is 34.1 Å². The van der Waals surface area contributed by atoms with Crippen LogP contribution in [0.25, 0.3) is 0 Å². The van der Waals surface area contributed by atoms with Gasteiger partial charge < -0.3 is 9.47 Å². The number of para-hydroxylation sites is 2. The molecule has 0 radical (unpaired) electrons. The van der Waals surface area contributed by atoms with Gasteiger partial charge in [-0.1, -0.05) is 36.4 Å². The third-order valence-corrected chi connectivity index (χ3v) is 6.90. The lowest BCUT2D eigenvalue weighted by molar-refractivity contribution is 0.0450. The van der Waals surface area contributed by atoms with E-state index in [0.717, 1.165) is 24.1 Å². The van der Waals surface area contributed by atoms with Crippen LogP contribution in [0.3, 0.4) is 0 Å². The molecule has 0 unspecified atom stereocenters. The number of nitrogens with zero attached hydrogens (tertiary/aromatic N) is 1. The van der Waals surface area contributed by atoms with Crippen LogP contribution in [0.2, 0.25) is 0 Å². The van der Waals surface area contributed by atoms with Crippen molar-refractivity contribution in [3.8, 4) is 5.75 Å². The SMILES string of the molecule is O=C(OCCOc1ccccc1)c1ccc(S(=O)(=O)N2CCCc3ccccc32)cc1. The number of anilines is 1. The molecule has 160 valence electrons. The summed E-state index contributed by atoms with van der Waals surface area (Å²) in [6.45, 7) is 0.763. The molecule has 1 aliphatic heterocycles. The van der Waals surface area contributed by atoms with Gasteiger partial charge in [-0.15, -0.1) is 0 Å². The van der Waals surface area contributed by atoms with Crippen LogP contribution < -0.4 is 9.04 Å². The Labute approximate surface area is 182 Å². The second-order valence-corrected chi connectivity index (χ2v) is 8.99. The van der Waals surface area contributed by atoms with Crippen LogP contribution in [-0.2, 0) is 21.2 Å². The summed E-state index contributed by atoms with van der Waals surface area (Å²) in [6.07, 6.45) is 1.63. The summed E-state index contributed by atoms with van der Waals surface area (Å²) in [6, 6.07) is 22.6. The van der Waals surface area contributed by atoms with Gasteiger partial charge in [-0.05, 0) is 60.9 Å². The van der Waals surface area contributed by atoms with Gasteiger partial charge in [0.25, 0.3) is 10.0 Å². The third kappa shape index (κ3) is 4.72. The summed E-state index contributed by atoms with van der Waals surface area (Å²) in [5.41, 5.74) is 2.03. The van der Waals surface area contributed by atoms with Gasteiger partial charge in [-0.25, -0.2) is 13.2 Å². The number of benzene rings is 3. The molecule has 3 aromatic carbocycles. The molecular formula is C24H23NO5S. The van der Waals surface area contributed by atoms with Crippen LogP contribution in [0.4, 0.5) is 5.69 Å². The largest absolute Gasteiger partial charge is 0.490 e. The monoisotopic (exact) mass is 437 g/mol. The Hall–Kier alpha value is -3.32. The van der Waals surface area contributed by atoms with Crippen LogP contribution >= 0.6 is 0 Å². The van der Waals surface area contributed by atoms with Crippen molar-refractivity contribution in [1.29, 1.82) is 0 Å². The molecular weight excluding hydrogens is 414 g/mol. The summed E-state index contributed by atoms with van der Waals surface area (Å²) in [5.74, 6) is 0.177. The zero-order valence-electron chi connectivity index (χ0n) is 16.9. The van der Waals surface area contributed by atoms with Crippen molar-refractivity contribution in [3.05, 3.63) is 90.0 Å². The molecule has 0 amide bonds. The molecule has 0 spiro atoms. The molecule has 0 aliphatic carbocycles. The number of aryl methyl sites for hydroxylation is 1. The van der Waals surface area contributed by atoms with Gasteiger partial charge in [0.15, 0.2) is 0 Å². The number of hydrogen-bond acceptors (Lipinski definition) is 5. The Kier molecular flexibility index (Phi) is 6.23. The molecule has 0 N–H and O–H groups in total. The topological polar surface area (TPSA) is 72.9 Å². The Morgan fingerprint density at radius 2 is 1.58 bits per heavy atom. The number of carbonyl (C=O) groups excluding carboxylic acids is 1. The van der Waals surface area contributed by atoms with Crippen LogP contribution in [0.5, 0.6) is 5.75 Å². The summed E-state index contributed by atoms with van der Waals surface area (Å²) < 4.78 is 38.5. The number of fused-ring (bicyclic) bond motifs is 1. The van der Waals surface area contributed by atoms with E-state index in [1.165, 1.54) is 28.6 Å². The maximum Gasteiger partial charge on any atom is 0.338 e. The fourth-order valence-electron chi connectivity index (χ4n) is 3.53. The first-order chi connectivity index (χ1) is 15.1.